The summed E-state index contributed by atoms with van der Waals surface area (Å²) in [5.41, 5.74) is 10.5. The molecule has 2 aromatic heterocycles. The van der Waals surface area contributed by atoms with Crippen LogP contribution in [0.3, 0.4) is 0 Å². The number of methoxy groups -OCH3 is 1. The minimum absolute atomic E-state index is 0.187. The Morgan fingerprint density at radius 3 is 2.34 bits per heavy atom. The van der Waals surface area contributed by atoms with Gasteiger partial charge < -0.3 is 10.5 Å². The molecule has 0 radical (unpaired) electrons. The van der Waals surface area contributed by atoms with Gasteiger partial charge in [0.15, 0.2) is 0 Å². The largest absolute Gasteiger partial charge is 0.464 e. The van der Waals surface area contributed by atoms with E-state index in [1.807, 2.05) is 66.7 Å². The summed E-state index contributed by atoms with van der Waals surface area (Å²) < 4.78 is 8.16. The Hall–Kier alpha value is -4.32. The highest BCUT2D eigenvalue weighted by molar-refractivity contribution is 6.05. The van der Waals surface area contributed by atoms with Gasteiger partial charge in [-0.1, -0.05) is 60.7 Å². The zero-order valence-electron chi connectivity index (χ0n) is 17.5. The van der Waals surface area contributed by atoms with E-state index in [1.165, 1.54) is 11.5 Å². The smallest absolute Gasteiger partial charge is 0.355 e. The molecule has 6 nitrogen and oxygen atoms in total. The van der Waals surface area contributed by atoms with Gasteiger partial charge in [0.05, 0.1) is 24.7 Å². The van der Waals surface area contributed by atoms with Gasteiger partial charge in [0.2, 0.25) is 0 Å². The maximum absolute atomic E-state index is 13.8. The number of benzene rings is 3. The molecule has 0 unspecified atom stereocenters. The number of hydrogen-bond acceptors (Lipinski definition) is 4. The van der Waals surface area contributed by atoms with Crippen LogP contribution in [0.5, 0.6) is 0 Å². The number of aromatic nitrogens is 2. The van der Waals surface area contributed by atoms with Crippen molar-refractivity contribution < 1.29 is 9.53 Å². The molecule has 0 bridgehead atoms. The second-order valence-electron chi connectivity index (χ2n) is 7.61. The van der Waals surface area contributed by atoms with E-state index in [0.717, 1.165) is 27.6 Å². The van der Waals surface area contributed by atoms with Crippen molar-refractivity contribution in [3.05, 3.63) is 107 Å². The molecule has 0 atom stereocenters. The molecule has 0 saturated heterocycles. The average Bonchev–Trinajstić information content (AvgIpc) is 3.23. The number of nitrogen functional groups attached to an aromatic ring is 1. The van der Waals surface area contributed by atoms with E-state index in [1.54, 1.807) is 22.8 Å². The maximum atomic E-state index is 13.8. The Bertz CT molecular complexity index is 1510. The summed E-state index contributed by atoms with van der Waals surface area (Å²) in [6.07, 6.45) is 0. The number of para-hydroxylation sites is 1. The molecule has 2 N–H and O–H groups in total. The number of ether oxygens (including phenoxy) is 1. The lowest BCUT2D eigenvalue weighted by molar-refractivity contribution is 0.0592. The number of esters is 1. The molecule has 0 aliphatic heterocycles. The quantitative estimate of drug-likeness (QED) is 0.345. The number of rotatable bonds is 4. The van der Waals surface area contributed by atoms with Gasteiger partial charge in [-0.3, -0.25) is 8.97 Å². The highest BCUT2D eigenvalue weighted by atomic mass is 16.5. The van der Waals surface area contributed by atoms with E-state index in [0.29, 0.717) is 17.7 Å². The van der Waals surface area contributed by atoms with Gasteiger partial charge in [-0.05, 0) is 35.4 Å². The number of fused-ring (bicyclic) bond motifs is 3. The van der Waals surface area contributed by atoms with Crippen molar-refractivity contribution in [1.82, 2.24) is 8.97 Å². The number of hydrogen-bond donors (Lipinski definition) is 1. The van der Waals surface area contributed by atoms with Crippen LogP contribution < -0.4 is 11.4 Å². The molecule has 0 fully saturated rings. The van der Waals surface area contributed by atoms with Crippen LogP contribution in [0.4, 0.5) is 5.69 Å². The summed E-state index contributed by atoms with van der Waals surface area (Å²) in [4.78, 5) is 26.5. The third-order valence-electron chi connectivity index (χ3n) is 5.67. The molecule has 0 spiro atoms. The SMILES string of the molecule is COC(=O)c1cc(-c2ccc(N)cc2)c2c3ccccc3n(Cc3ccccc3)c(=O)n12. The number of carbonyl (C=O) groups excluding carboxylic acids is 1. The van der Waals surface area contributed by atoms with E-state index in [2.05, 4.69) is 0 Å². The fourth-order valence-corrected chi connectivity index (χ4v) is 4.16. The molecule has 0 aliphatic carbocycles. The Labute approximate surface area is 184 Å². The monoisotopic (exact) mass is 423 g/mol. The van der Waals surface area contributed by atoms with Crippen LogP contribution in [-0.4, -0.2) is 22.0 Å². The number of nitrogens with zero attached hydrogens (tertiary/aromatic N) is 2. The standard InChI is InChI=1S/C26H21N3O3/c1-32-25(30)23-15-21(18-11-13-19(27)14-12-18)24-20-9-5-6-10-22(20)28(26(31)29(23)24)16-17-7-3-2-4-8-17/h2-15H,16,27H2,1H3. The Morgan fingerprint density at radius 1 is 0.938 bits per heavy atom. The van der Waals surface area contributed by atoms with Gasteiger partial charge in [0, 0.05) is 16.6 Å². The highest BCUT2D eigenvalue weighted by Gasteiger charge is 2.23. The van der Waals surface area contributed by atoms with Gasteiger partial charge in [0.1, 0.15) is 5.69 Å². The fourth-order valence-electron chi connectivity index (χ4n) is 4.16. The summed E-state index contributed by atoms with van der Waals surface area (Å²) in [6.45, 7) is 0.381. The minimum Gasteiger partial charge on any atom is -0.464 e. The number of carbonyl (C=O) groups is 1. The molecule has 32 heavy (non-hydrogen) atoms. The topological polar surface area (TPSA) is 78.7 Å². The van der Waals surface area contributed by atoms with Crippen molar-refractivity contribution in [3.63, 3.8) is 0 Å². The molecule has 5 rings (SSSR count). The summed E-state index contributed by atoms with van der Waals surface area (Å²) >= 11 is 0. The number of anilines is 1. The van der Waals surface area contributed by atoms with E-state index >= 15 is 0 Å². The van der Waals surface area contributed by atoms with E-state index < -0.39 is 5.97 Å². The van der Waals surface area contributed by atoms with Gasteiger partial charge in [-0.25, -0.2) is 9.59 Å². The zero-order chi connectivity index (χ0) is 22.2. The molecular formula is C26H21N3O3. The third kappa shape index (κ3) is 3.13. The number of nitrogens with two attached hydrogens (primary N) is 1. The molecule has 0 saturated carbocycles. The normalized spacial score (nSPS) is 11.2. The lowest BCUT2D eigenvalue weighted by Crippen LogP contribution is -2.29. The Kier molecular flexibility index (Phi) is 4.75. The van der Waals surface area contributed by atoms with Crippen molar-refractivity contribution in [2.24, 2.45) is 0 Å². The van der Waals surface area contributed by atoms with Crippen LogP contribution in [-0.2, 0) is 11.3 Å². The first-order valence-electron chi connectivity index (χ1n) is 10.2. The molecule has 0 aliphatic rings. The molecule has 6 heteroatoms. The first-order chi connectivity index (χ1) is 15.6. The molecule has 158 valence electrons. The fraction of sp³-hybridized carbons (Fsp3) is 0.0769. The summed E-state index contributed by atoms with van der Waals surface area (Å²) in [5.74, 6) is -0.569. The average molecular weight is 423 g/mol. The highest BCUT2D eigenvalue weighted by Crippen LogP contribution is 2.33. The van der Waals surface area contributed by atoms with Crippen LogP contribution >= 0.6 is 0 Å². The van der Waals surface area contributed by atoms with Crippen molar-refractivity contribution in [2.75, 3.05) is 12.8 Å². The summed E-state index contributed by atoms with van der Waals surface area (Å²) in [6, 6.07) is 26.6. The van der Waals surface area contributed by atoms with E-state index in [9.17, 15) is 9.59 Å². The van der Waals surface area contributed by atoms with Crippen LogP contribution in [0.2, 0.25) is 0 Å². The van der Waals surface area contributed by atoms with Crippen LogP contribution in [0.15, 0.2) is 89.7 Å². The Morgan fingerprint density at radius 2 is 1.62 bits per heavy atom. The second-order valence-corrected chi connectivity index (χ2v) is 7.61. The Balaban J connectivity index is 1.90. The second kappa shape index (κ2) is 7.74. The van der Waals surface area contributed by atoms with Crippen LogP contribution in [0.25, 0.3) is 27.5 Å². The van der Waals surface area contributed by atoms with Crippen LogP contribution in [0, 0.1) is 0 Å². The van der Waals surface area contributed by atoms with Crippen LogP contribution in [0.1, 0.15) is 16.1 Å². The van der Waals surface area contributed by atoms with Crippen molar-refractivity contribution >= 4 is 28.1 Å². The van der Waals surface area contributed by atoms with Gasteiger partial charge >= 0.3 is 11.7 Å². The molecule has 5 aromatic rings. The summed E-state index contributed by atoms with van der Waals surface area (Å²) in [5, 5.41) is 0.866. The molecular weight excluding hydrogens is 402 g/mol. The maximum Gasteiger partial charge on any atom is 0.355 e. The lowest BCUT2D eigenvalue weighted by atomic mass is 10.0. The van der Waals surface area contributed by atoms with Crippen molar-refractivity contribution in [2.45, 2.75) is 6.54 Å². The van der Waals surface area contributed by atoms with Gasteiger partial charge in [0.25, 0.3) is 0 Å². The first-order valence-corrected chi connectivity index (χ1v) is 10.2. The first kappa shape index (κ1) is 19.6. The van der Waals surface area contributed by atoms with Gasteiger partial charge in [-0.2, -0.15) is 0 Å². The minimum atomic E-state index is -0.569. The van der Waals surface area contributed by atoms with Gasteiger partial charge in [-0.15, -0.1) is 0 Å². The summed E-state index contributed by atoms with van der Waals surface area (Å²) in [7, 11) is 1.31. The predicted octanol–water partition coefficient (Wildman–Crippen LogP) is 4.34. The van der Waals surface area contributed by atoms with Crippen molar-refractivity contribution in [3.8, 4) is 11.1 Å². The lowest BCUT2D eigenvalue weighted by Gasteiger charge is -2.14. The molecule has 3 aromatic carbocycles. The third-order valence-corrected chi connectivity index (χ3v) is 5.67. The van der Waals surface area contributed by atoms with Crippen molar-refractivity contribution in [1.29, 1.82) is 0 Å². The van der Waals surface area contributed by atoms with E-state index in [4.69, 9.17) is 10.5 Å². The predicted molar refractivity (Wildman–Crippen MR) is 126 cm³/mol. The zero-order valence-corrected chi connectivity index (χ0v) is 17.5. The van der Waals surface area contributed by atoms with E-state index in [-0.39, 0.29) is 11.4 Å². The molecule has 2 heterocycles. The molecule has 0 amide bonds.